The molecule has 0 unspecified atom stereocenters. The van der Waals surface area contributed by atoms with Crippen LogP contribution < -0.4 is 11.1 Å². The number of aromatic nitrogens is 2. The molecule has 0 bridgehead atoms. The molecule has 0 spiro atoms. The number of imidazole rings is 1. The zero-order chi connectivity index (χ0) is 12.2. The molecular weight excluding hydrogens is 225 g/mol. The van der Waals surface area contributed by atoms with Crippen LogP contribution in [0.5, 0.6) is 0 Å². The number of rotatable bonds is 4. The molecule has 1 amide bonds. The molecule has 8 heteroatoms. The first-order valence-electron chi connectivity index (χ1n) is 4.45. The van der Waals surface area contributed by atoms with E-state index in [0.717, 1.165) is 0 Å². The normalized spacial score (nSPS) is 11.5. The van der Waals surface area contributed by atoms with Crippen molar-refractivity contribution in [3.63, 3.8) is 0 Å². The van der Waals surface area contributed by atoms with Crippen molar-refractivity contribution in [2.45, 2.75) is 19.3 Å². The van der Waals surface area contributed by atoms with E-state index in [2.05, 4.69) is 4.98 Å². The predicted octanol–water partition coefficient (Wildman–Crippen LogP) is 0.0203. The second-order valence-corrected chi connectivity index (χ2v) is 3.13. The smallest absolute Gasteiger partial charge is 0.345 e. The number of carbonyl (C=O) groups is 1. The highest BCUT2D eigenvalue weighted by Gasteiger charge is 2.27. The molecule has 0 radical (unpaired) electrons. The highest BCUT2D eigenvalue weighted by atomic mass is 19.4. The van der Waals surface area contributed by atoms with Crippen LogP contribution in [0.2, 0.25) is 0 Å². The summed E-state index contributed by atoms with van der Waals surface area (Å²) in [5.74, 6) is -0.724. The first kappa shape index (κ1) is 12.5. The van der Waals surface area contributed by atoms with Crippen LogP contribution in [0.1, 0.15) is 5.69 Å². The van der Waals surface area contributed by atoms with E-state index in [-0.39, 0.29) is 13.1 Å². The van der Waals surface area contributed by atoms with Crippen LogP contribution in [-0.4, -0.2) is 28.2 Å². The predicted molar refractivity (Wildman–Crippen MR) is 49.2 cm³/mol. The van der Waals surface area contributed by atoms with Gasteiger partial charge in [-0.2, -0.15) is 13.2 Å². The zero-order valence-corrected chi connectivity index (χ0v) is 8.29. The SMILES string of the molecule is NCc1cn(CC(=O)NCC(F)(F)F)cn1. The van der Waals surface area contributed by atoms with Gasteiger partial charge >= 0.3 is 6.18 Å². The quantitative estimate of drug-likeness (QED) is 0.774. The second-order valence-electron chi connectivity index (χ2n) is 3.13. The Morgan fingerprint density at radius 1 is 1.56 bits per heavy atom. The highest BCUT2D eigenvalue weighted by molar-refractivity contribution is 5.75. The average molecular weight is 236 g/mol. The summed E-state index contributed by atoms with van der Waals surface area (Å²) in [6, 6.07) is 0. The number of halogens is 3. The molecule has 5 nitrogen and oxygen atoms in total. The minimum atomic E-state index is -4.40. The van der Waals surface area contributed by atoms with Crippen molar-refractivity contribution in [1.29, 1.82) is 0 Å². The fourth-order valence-electron chi connectivity index (χ4n) is 1.02. The largest absolute Gasteiger partial charge is 0.405 e. The van der Waals surface area contributed by atoms with Gasteiger partial charge in [-0.05, 0) is 0 Å². The van der Waals surface area contributed by atoms with Crippen molar-refractivity contribution < 1.29 is 18.0 Å². The van der Waals surface area contributed by atoms with Crippen LogP contribution in [-0.2, 0) is 17.9 Å². The van der Waals surface area contributed by atoms with Crippen molar-refractivity contribution in [2.75, 3.05) is 6.54 Å². The van der Waals surface area contributed by atoms with Gasteiger partial charge in [-0.25, -0.2) is 4.98 Å². The summed E-state index contributed by atoms with van der Waals surface area (Å²) in [6.07, 6.45) is -1.55. The van der Waals surface area contributed by atoms with E-state index >= 15 is 0 Å². The van der Waals surface area contributed by atoms with Gasteiger partial charge in [-0.1, -0.05) is 0 Å². The first-order valence-corrected chi connectivity index (χ1v) is 4.45. The van der Waals surface area contributed by atoms with Gasteiger partial charge in [0.25, 0.3) is 0 Å². The van der Waals surface area contributed by atoms with Crippen molar-refractivity contribution in [1.82, 2.24) is 14.9 Å². The third-order valence-corrected chi connectivity index (χ3v) is 1.71. The molecule has 0 saturated carbocycles. The summed E-state index contributed by atoms with van der Waals surface area (Å²) >= 11 is 0. The molecule has 0 aliphatic heterocycles. The summed E-state index contributed by atoms with van der Waals surface area (Å²) in [4.78, 5) is 14.9. The summed E-state index contributed by atoms with van der Waals surface area (Å²) < 4.78 is 36.7. The van der Waals surface area contributed by atoms with E-state index in [0.29, 0.717) is 5.69 Å². The average Bonchev–Trinajstić information content (AvgIpc) is 2.61. The molecule has 1 heterocycles. The van der Waals surface area contributed by atoms with Crippen molar-refractivity contribution in [2.24, 2.45) is 5.73 Å². The fourth-order valence-corrected chi connectivity index (χ4v) is 1.02. The second kappa shape index (κ2) is 4.97. The summed E-state index contributed by atoms with van der Waals surface area (Å²) in [5.41, 5.74) is 5.86. The molecule has 1 aromatic rings. The van der Waals surface area contributed by atoms with Gasteiger partial charge in [-0.15, -0.1) is 0 Å². The topological polar surface area (TPSA) is 72.9 Å². The third kappa shape index (κ3) is 4.30. The van der Waals surface area contributed by atoms with Gasteiger partial charge in [0.15, 0.2) is 0 Å². The highest BCUT2D eigenvalue weighted by Crippen LogP contribution is 2.12. The van der Waals surface area contributed by atoms with Crippen LogP contribution in [0.4, 0.5) is 13.2 Å². The minimum absolute atomic E-state index is 0.205. The van der Waals surface area contributed by atoms with E-state index < -0.39 is 18.6 Å². The molecule has 0 aliphatic rings. The van der Waals surface area contributed by atoms with Crippen molar-refractivity contribution >= 4 is 5.91 Å². The summed E-state index contributed by atoms with van der Waals surface area (Å²) in [5, 5.41) is 1.75. The molecule has 0 saturated heterocycles. The molecule has 0 atom stereocenters. The Balaban J connectivity index is 2.40. The maximum atomic E-state index is 11.8. The lowest BCUT2D eigenvalue weighted by atomic mass is 10.5. The van der Waals surface area contributed by atoms with E-state index in [4.69, 9.17) is 5.73 Å². The Labute approximate surface area is 89.4 Å². The van der Waals surface area contributed by atoms with Gasteiger partial charge < -0.3 is 15.6 Å². The molecular formula is C8H11F3N4O. The van der Waals surface area contributed by atoms with Gasteiger partial charge in [0, 0.05) is 12.7 Å². The van der Waals surface area contributed by atoms with E-state index in [1.165, 1.54) is 17.1 Å². The molecule has 90 valence electrons. The van der Waals surface area contributed by atoms with Gasteiger partial charge in [0.2, 0.25) is 5.91 Å². The van der Waals surface area contributed by atoms with E-state index in [1.54, 1.807) is 5.32 Å². The number of nitrogens with zero attached hydrogens (tertiary/aromatic N) is 2. The van der Waals surface area contributed by atoms with Crippen LogP contribution in [0.15, 0.2) is 12.5 Å². The monoisotopic (exact) mass is 236 g/mol. The lowest BCUT2D eigenvalue weighted by Gasteiger charge is -2.08. The summed E-state index contributed by atoms with van der Waals surface area (Å²) in [6.45, 7) is -1.31. The molecule has 0 aromatic carbocycles. The Morgan fingerprint density at radius 3 is 2.75 bits per heavy atom. The minimum Gasteiger partial charge on any atom is -0.345 e. The van der Waals surface area contributed by atoms with Gasteiger partial charge in [-0.3, -0.25) is 4.79 Å². The van der Waals surface area contributed by atoms with Crippen LogP contribution >= 0.6 is 0 Å². The van der Waals surface area contributed by atoms with E-state index in [9.17, 15) is 18.0 Å². The Bertz CT molecular complexity index is 360. The number of nitrogens with one attached hydrogen (secondary N) is 1. The first-order chi connectivity index (χ1) is 7.40. The standard InChI is InChI=1S/C8H11F3N4O/c9-8(10,11)4-13-7(16)3-15-2-6(1-12)14-5-15/h2,5H,1,3-4,12H2,(H,13,16). The van der Waals surface area contributed by atoms with E-state index in [1.807, 2.05) is 0 Å². The zero-order valence-electron chi connectivity index (χ0n) is 8.29. The maximum Gasteiger partial charge on any atom is 0.405 e. The Hall–Kier alpha value is -1.57. The number of nitrogens with two attached hydrogens (primary N) is 1. The Kier molecular flexibility index (Phi) is 3.88. The molecule has 0 fully saturated rings. The molecule has 16 heavy (non-hydrogen) atoms. The van der Waals surface area contributed by atoms with Gasteiger partial charge in [0.1, 0.15) is 13.1 Å². The number of hydrogen-bond donors (Lipinski definition) is 2. The molecule has 1 aromatic heterocycles. The molecule has 3 N–H and O–H groups in total. The van der Waals surface area contributed by atoms with Crippen LogP contribution in [0, 0.1) is 0 Å². The fraction of sp³-hybridized carbons (Fsp3) is 0.500. The Morgan fingerprint density at radius 2 is 2.25 bits per heavy atom. The molecule has 0 aliphatic carbocycles. The number of alkyl halides is 3. The van der Waals surface area contributed by atoms with Crippen molar-refractivity contribution in [3.8, 4) is 0 Å². The molecule has 1 rings (SSSR count). The number of hydrogen-bond acceptors (Lipinski definition) is 3. The number of carbonyl (C=O) groups excluding carboxylic acids is 1. The summed E-state index contributed by atoms with van der Waals surface area (Å²) in [7, 11) is 0. The van der Waals surface area contributed by atoms with Crippen LogP contribution in [0.25, 0.3) is 0 Å². The maximum absolute atomic E-state index is 11.8. The van der Waals surface area contributed by atoms with Crippen LogP contribution in [0.3, 0.4) is 0 Å². The lowest BCUT2D eigenvalue weighted by Crippen LogP contribution is -2.35. The number of amides is 1. The lowest BCUT2D eigenvalue weighted by molar-refractivity contribution is -0.138. The van der Waals surface area contributed by atoms with Gasteiger partial charge in [0.05, 0.1) is 12.0 Å². The third-order valence-electron chi connectivity index (χ3n) is 1.71. The van der Waals surface area contributed by atoms with Crippen molar-refractivity contribution in [3.05, 3.63) is 18.2 Å².